The lowest BCUT2D eigenvalue weighted by Gasteiger charge is -2.18. The number of carbonyl (C=O) groups is 2. The predicted octanol–water partition coefficient (Wildman–Crippen LogP) is 5.04. The van der Waals surface area contributed by atoms with Crippen LogP contribution in [0.4, 0.5) is 0 Å². The molecule has 156 valence electrons. The molecule has 1 amide bonds. The smallest absolute Gasteiger partial charge is 0.316 e. The zero-order valence-electron chi connectivity index (χ0n) is 18.1. The third-order valence-electron chi connectivity index (χ3n) is 4.08. The minimum Gasteiger partial charge on any atom is -0.493 e. The van der Waals surface area contributed by atoms with Crippen LogP contribution in [0.2, 0.25) is 0 Å². The van der Waals surface area contributed by atoms with Crippen molar-refractivity contribution in [1.29, 1.82) is 0 Å². The van der Waals surface area contributed by atoms with Gasteiger partial charge in [-0.25, -0.2) is 0 Å². The average molecular weight is 390 g/mol. The molecule has 0 aliphatic heterocycles. The van der Waals surface area contributed by atoms with Gasteiger partial charge >= 0.3 is 5.97 Å². The van der Waals surface area contributed by atoms with Gasteiger partial charge in [0.25, 0.3) is 0 Å². The van der Waals surface area contributed by atoms with Crippen molar-refractivity contribution < 1.29 is 19.1 Å². The quantitative estimate of drug-likeness (QED) is 0.264. The first-order chi connectivity index (χ1) is 13.1. The van der Waals surface area contributed by atoms with Crippen molar-refractivity contribution in [3.05, 3.63) is 35.9 Å². The summed E-state index contributed by atoms with van der Waals surface area (Å²) in [5.74, 6) is 1.14. The van der Waals surface area contributed by atoms with Gasteiger partial charge in [0.05, 0.1) is 12.5 Å². The van der Waals surface area contributed by atoms with Gasteiger partial charge in [0.15, 0.2) is 11.5 Å². The number of methoxy groups -OCH3 is 1. The molecule has 0 aliphatic rings. The van der Waals surface area contributed by atoms with Gasteiger partial charge in [-0.1, -0.05) is 32.1 Å². The molecule has 0 radical (unpaired) electrons. The number of unbranched alkanes of at least 4 members (excludes halogenated alkanes) is 2. The van der Waals surface area contributed by atoms with E-state index in [2.05, 4.69) is 31.3 Å². The monoisotopic (exact) mass is 389 g/mol. The van der Waals surface area contributed by atoms with Crippen LogP contribution in [0.5, 0.6) is 11.5 Å². The van der Waals surface area contributed by atoms with Crippen LogP contribution in [0.25, 0.3) is 0 Å². The molecule has 0 bridgehead atoms. The van der Waals surface area contributed by atoms with E-state index in [0.717, 1.165) is 24.8 Å². The van der Waals surface area contributed by atoms with Gasteiger partial charge in [-0.15, -0.1) is 0 Å². The second kappa shape index (κ2) is 11.5. The molecule has 1 N–H and O–H groups in total. The van der Waals surface area contributed by atoms with Gasteiger partial charge in [0.1, 0.15) is 0 Å². The van der Waals surface area contributed by atoms with E-state index in [-0.39, 0.29) is 11.9 Å². The highest BCUT2D eigenvalue weighted by molar-refractivity contribution is 5.78. The van der Waals surface area contributed by atoms with Crippen molar-refractivity contribution in [1.82, 2.24) is 5.32 Å². The molecule has 28 heavy (non-hydrogen) atoms. The zero-order valence-corrected chi connectivity index (χ0v) is 18.1. The van der Waals surface area contributed by atoms with Gasteiger partial charge in [-0.3, -0.25) is 9.59 Å². The molecule has 0 heterocycles. The van der Waals surface area contributed by atoms with Crippen LogP contribution in [0, 0.1) is 11.3 Å². The maximum absolute atomic E-state index is 12.1. The molecule has 0 aromatic heterocycles. The number of carbonyl (C=O) groups excluding carboxylic acids is 2. The third kappa shape index (κ3) is 9.07. The summed E-state index contributed by atoms with van der Waals surface area (Å²) in [5, 5.41) is 2.92. The molecule has 0 fully saturated rings. The van der Waals surface area contributed by atoms with E-state index in [4.69, 9.17) is 9.47 Å². The van der Waals surface area contributed by atoms with Crippen LogP contribution in [0.3, 0.4) is 0 Å². The van der Waals surface area contributed by atoms with Crippen molar-refractivity contribution >= 4 is 11.9 Å². The highest BCUT2D eigenvalue weighted by atomic mass is 16.6. The summed E-state index contributed by atoms with van der Waals surface area (Å²) >= 11 is 0. The summed E-state index contributed by atoms with van der Waals surface area (Å²) in [5.41, 5.74) is 0.294. The van der Waals surface area contributed by atoms with Crippen molar-refractivity contribution in [2.45, 2.75) is 66.8 Å². The van der Waals surface area contributed by atoms with E-state index in [9.17, 15) is 9.59 Å². The van der Waals surface area contributed by atoms with E-state index in [1.807, 2.05) is 6.07 Å². The number of hydrogen-bond acceptors (Lipinski definition) is 4. The maximum Gasteiger partial charge on any atom is 0.316 e. The Labute approximate surface area is 169 Å². The van der Waals surface area contributed by atoms with Crippen LogP contribution >= 0.6 is 0 Å². The number of benzene rings is 1. The molecule has 0 spiro atoms. The topological polar surface area (TPSA) is 64.6 Å². The molecule has 1 rings (SSSR count). The highest BCUT2D eigenvalue weighted by Crippen LogP contribution is 2.30. The van der Waals surface area contributed by atoms with Gasteiger partial charge in [-0.2, -0.15) is 0 Å². The highest BCUT2D eigenvalue weighted by Gasteiger charge is 2.25. The molecule has 5 heteroatoms. The Morgan fingerprint density at radius 2 is 1.86 bits per heavy atom. The molecule has 0 saturated heterocycles. The Bertz CT molecular complexity index is 672. The summed E-state index contributed by atoms with van der Waals surface area (Å²) in [4.78, 5) is 24.1. The summed E-state index contributed by atoms with van der Waals surface area (Å²) < 4.78 is 10.8. The number of hydrogen-bond donors (Lipinski definition) is 1. The Morgan fingerprint density at radius 3 is 2.46 bits per heavy atom. The summed E-state index contributed by atoms with van der Waals surface area (Å²) in [6.07, 6.45) is 7.79. The minimum absolute atomic E-state index is 0.0371. The average Bonchev–Trinajstić information content (AvgIpc) is 2.62. The minimum atomic E-state index is -0.595. The predicted molar refractivity (Wildman–Crippen MR) is 112 cm³/mol. The van der Waals surface area contributed by atoms with E-state index in [1.165, 1.54) is 7.11 Å². The normalized spacial score (nSPS) is 11.7. The largest absolute Gasteiger partial charge is 0.493 e. The molecule has 0 atom stereocenters. The van der Waals surface area contributed by atoms with Gasteiger partial charge in [0.2, 0.25) is 5.91 Å². The summed E-state index contributed by atoms with van der Waals surface area (Å²) in [6, 6.07) is 5.30. The third-order valence-corrected chi connectivity index (χ3v) is 4.08. The number of rotatable bonds is 10. The first-order valence-electron chi connectivity index (χ1n) is 9.96. The number of allylic oxidation sites excluding steroid dienone is 2. The van der Waals surface area contributed by atoms with Crippen molar-refractivity contribution in [3.63, 3.8) is 0 Å². The Morgan fingerprint density at radius 1 is 1.14 bits per heavy atom. The second-order valence-electron chi connectivity index (χ2n) is 8.32. The standard InChI is InChI=1S/C23H35NO4/c1-17(2)11-9-7-8-10-12-21(25)24-16-18-13-14-19(20(15-18)27-6)28-22(26)23(3,4)5/h9,11,13-15,17H,7-8,10,12,16H2,1-6H3,(H,24,25). The van der Waals surface area contributed by atoms with E-state index in [1.54, 1.807) is 32.9 Å². The molecular formula is C23H35NO4. The van der Waals surface area contributed by atoms with E-state index >= 15 is 0 Å². The molecule has 1 aromatic carbocycles. The fourth-order valence-electron chi connectivity index (χ4n) is 2.36. The number of nitrogens with one attached hydrogen (secondary N) is 1. The molecule has 0 unspecified atom stereocenters. The number of amides is 1. The maximum atomic E-state index is 12.1. The lowest BCUT2D eigenvalue weighted by molar-refractivity contribution is -0.143. The molecule has 1 aromatic rings. The zero-order chi connectivity index (χ0) is 21.2. The van der Waals surface area contributed by atoms with Crippen LogP contribution in [-0.2, 0) is 16.1 Å². The Balaban J connectivity index is 2.48. The Hall–Kier alpha value is -2.30. The van der Waals surface area contributed by atoms with Crippen LogP contribution < -0.4 is 14.8 Å². The number of esters is 1. The van der Waals surface area contributed by atoms with Crippen molar-refractivity contribution in [2.24, 2.45) is 11.3 Å². The fourth-order valence-corrected chi connectivity index (χ4v) is 2.36. The van der Waals surface area contributed by atoms with Crippen molar-refractivity contribution in [2.75, 3.05) is 7.11 Å². The van der Waals surface area contributed by atoms with Crippen LogP contribution in [0.15, 0.2) is 30.4 Å². The number of ether oxygens (including phenoxy) is 2. The van der Waals surface area contributed by atoms with Crippen LogP contribution in [-0.4, -0.2) is 19.0 Å². The Kier molecular flexibility index (Phi) is 9.77. The summed E-state index contributed by atoms with van der Waals surface area (Å²) in [7, 11) is 1.53. The first kappa shape index (κ1) is 23.7. The van der Waals surface area contributed by atoms with Gasteiger partial charge in [0, 0.05) is 13.0 Å². The molecule has 0 aliphatic carbocycles. The van der Waals surface area contributed by atoms with E-state index in [0.29, 0.717) is 30.4 Å². The lowest BCUT2D eigenvalue weighted by Crippen LogP contribution is -2.25. The SMILES string of the molecule is COc1cc(CNC(=O)CCCCC=CC(C)C)ccc1OC(=O)C(C)(C)C. The van der Waals surface area contributed by atoms with Gasteiger partial charge < -0.3 is 14.8 Å². The molecular weight excluding hydrogens is 354 g/mol. The fraction of sp³-hybridized carbons (Fsp3) is 0.565. The van der Waals surface area contributed by atoms with Crippen LogP contribution in [0.1, 0.15) is 65.9 Å². The molecule has 0 saturated carbocycles. The second-order valence-corrected chi connectivity index (χ2v) is 8.32. The van der Waals surface area contributed by atoms with Crippen molar-refractivity contribution in [3.8, 4) is 11.5 Å². The van der Waals surface area contributed by atoms with Gasteiger partial charge in [-0.05, 0) is 63.6 Å². The first-order valence-corrected chi connectivity index (χ1v) is 9.96. The lowest BCUT2D eigenvalue weighted by atomic mass is 9.97. The van der Waals surface area contributed by atoms with E-state index < -0.39 is 5.41 Å². The summed E-state index contributed by atoms with van der Waals surface area (Å²) in [6.45, 7) is 10.1. The molecule has 5 nitrogen and oxygen atoms in total.